The highest BCUT2D eigenvalue weighted by molar-refractivity contribution is 6.36. The molecule has 0 unspecified atom stereocenters. The molecule has 0 atom stereocenters. The summed E-state index contributed by atoms with van der Waals surface area (Å²) in [6.07, 6.45) is 0. The molecule has 5 heteroatoms. The minimum absolute atomic E-state index is 0.0856. The van der Waals surface area contributed by atoms with Gasteiger partial charge in [-0.15, -0.1) is 0 Å². The number of rotatable bonds is 2. The van der Waals surface area contributed by atoms with E-state index < -0.39 is 0 Å². The number of hydrogen-bond acceptors (Lipinski definition) is 2. The summed E-state index contributed by atoms with van der Waals surface area (Å²) in [6, 6.07) is 14.9. The molecular formula is C17H16Cl2N2O. The van der Waals surface area contributed by atoms with Gasteiger partial charge in [0.25, 0.3) is 5.91 Å². The van der Waals surface area contributed by atoms with Gasteiger partial charge in [-0.3, -0.25) is 4.79 Å². The predicted molar refractivity (Wildman–Crippen MR) is 91.0 cm³/mol. The Hall–Kier alpha value is -1.71. The number of carbonyl (C=O) groups excluding carboxylic acids is 1. The van der Waals surface area contributed by atoms with Crippen LogP contribution in [0.1, 0.15) is 10.4 Å². The van der Waals surface area contributed by atoms with Gasteiger partial charge in [0.05, 0.1) is 10.7 Å². The van der Waals surface area contributed by atoms with E-state index in [0.717, 1.165) is 24.3 Å². The Balaban J connectivity index is 1.66. The Bertz CT molecular complexity index is 668. The van der Waals surface area contributed by atoms with Crippen LogP contribution < -0.4 is 4.90 Å². The fourth-order valence-electron chi connectivity index (χ4n) is 2.65. The van der Waals surface area contributed by atoms with Gasteiger partial charge in [0, 0.05) is 36.8 Å². The van der Waals surface area contributed by atoms with Gasteiger partial charge in [0.15, 0.2) is 0 Å². The van der Waals surface area contributed by atoms with Crippen molar-refractivity contribution in [1.82, 2.24) is 4.90 Å². The molecule has 0 N–H and O–H groups in total. The maximum absolute atomic E-state index is 12.4. The summed E-state index contributed by atoms with van der Waals surface area (Å²) in [5, 5.41) is 1.28. The minimum Gasteiger partial charge on any atom is -0.367 e. The Kier molecular flexibility index (Phi) is 4.55. The van der Waals surface area contributed by atoms with Gasteiger partial charge in [-0.25, -0.2) is 0 Å². The van der Waals surface area contributed by atoms with E-state index in [1.54, 1.807) is 6.07 Å². The lowest BCUT2D eigenvalue weighted by molar-refractivity contribution is 0.0747. The first-order valence-corrected chi connectivity index (χ1v) is 7.95. The Morgan fingerprint density at radius 1 is 0.909 bits per heavy atom. The fourth-order valence-corrected chi connectivity index (χ4v) is 3.18. The van der Waals surface area contributed by atoms with Crippen molar-refractivity contribution in [3.8, 4) is 0 Å². The van der Waals surface area contributed by atoms with E-state index in [0.29, 0.717) is 23.1 Å². The Morgan fingerprint density at radius 2 is 1.59 bits per heavy atom. The van der Waals surface area contributed by atoms with Crippen molar-refractivity contribution in [2.75, 3.05) is 31.1 Å². The molecule has 2 aromatic carbocycles. The normalized spacial score (nSPS) is 15.0. The standard InChI is InChI=1S/C17H16Cl2N2O/c18-14-6-7-16(15(19)12-14)20-8-10-21(11-9-20)17(22)13-4-2-1-3-5-13/h1-7,12H,8-11H2. The van der Waals surface area contributed by atoms with Crippen LogP contribution in [0.3, 0.4) is 0 Å². The molecule has 1 fully saturated rings. The lowest BCUT2D eigenvalue weighted by Gasteiger charge is -2.36. The van der Waals surface area contributed by atoms with E-state index in [1.807, 2.05) is 47.4 Å². The fraction of sp³-hybridized carbons (Fsp3) is 0.235. The summed E-state index contributed by atoms with van der Waals surface area (Å²) in [5.74, 6) is 0.0856. The van der Waals surface area contributed by atoms with Gasteiger partial charge in [-0.2, -0.15) is 0 Å². The van der Waals surface area contributed by atoms with Gasteiger partial charge in [0.1, 0.15) is 0 Å². The van der Waals surface area contributed by atoms with Crippen molar-refractivity contribution in [3.05, 3.63) is 64.1 Å². The molecule has 0 bridgehead atoms. The Morgan fingerprint density at radius 3 is 2.23 bits per heavy atom. The van der Waals surface area contributed by atoms with Crippen LogP contribution >= 0.6 is 23.2 Å². The third-order valence-corrected chi connectivity index (χ3v) is 4.38. The third kappa shape index (κ3) is 3.21. The van der Waals surface area contributed by atoms with E-state index in [4.69, 9.17) is 23.2 Å². The van der Waals surface area contributed by atoms with Crippen molar-refractivity contribution in [2.45, 2.75) is 0 Å². The van der Waals surface area contributed by atoms with E-state index in [2.05, 4.69) is 4.90 Å². The van der Waals surface area contributed by atoms with Crippen molar-refractivity contribution < 1.29 is 4.79 Å². The molecule has 1 saturated heterocycles. The predicted octanol–water partition coefficient (Wildman–Crippen LogP) is 3.96. The van der Waals surface area contributed by atoms with Crippen LogP contribution in [0.5, 0.6) is 0 Å². The van der Waals surface area contributed by atoms with Crippen LogP contribution in [-0.4, -0.2) is 37.0 Å². The van der Waals surface area contributed by atoms with Gasteiger partial charge in [-0.05, 0) is 30.3 Å². The molecule has 0 aromatic heterocycles. The number of piperazine rings is 1. The summed E-state index contributed by atoms with van der Waals surface area (Å²) in [5.41, 5.74) is 1.71. The van der Waals surface area contributed by atoms with Crippen molar-refractivity contribution in [3.63, 3.8) is 0 Å². The highest BCUT2D eigenvalue weighted by Crippen LogP contribution is 2.29. The second-order valence-corrected chi connectivity index (χ2v) is 6.08. The molecule has 1 aliphatic heterocycles. The molecule has 2 aromatic rings. The van der Waals surface area contributed by atoms with E-state index >= 15 is 0 Å². The molecule has 3 rings (SSSR count). The van der Waals surface area contributed by atoms with Gasteiger partial charge < -0.3 is 9.80 Å². The smallest absolute Gasteiger partial charge is 0.253 e. The maximum atomic E-state index is 12.4. The molecule has 0 aliphatic carbocycles. The molecule has 1 amide bonds. The molecule has 0 saturated carbocycles. The van der Waals surface area contributed by atoms with E-state index in [9.17, 15) is 4.79 Å². The van der Waals surface area contributed by atoms with Crippen molar-refractivity contribution >= 4 is 34.8 Å². The zero-order valence-corrected chi connectivity index (χ0v) is 13.5. The summed E-state index contributed by atoms with van der Waals surface area (Å²) in [7, 11) is 0. The summed E-state index contributed by atoms with van der Waals surface area (Å²) < 4.78 is 0. The van der Waals surface area contributed by atoms with Crippen LogP contribution in [0.2, 0.25) is 10.0 Å². The molecule has 1 heterocycles. The topological polar surface area (TPSA) is 23.6 Å². The number of carbonyl (C=O) groups is 1. The van der Waals surface area contributed by atoms with E-state index in [1.165, 1.54) is 0 Å². The van der Waals surface area contributed by atoms with Crippen LogP contribution in [0.15, 0.2) is 48.5 Å². The highest BCUT2D eigenvalue weighted by atomic mass is 35.5. The van der Waals surface area contributed by atoms with Gasteiger partial charge in [0.2, 0.25) is 0 Å². The largest absolute Gasteiger partial charge is 0.367 e. The molecule has 3 nitrogen and oxygen atoms in total. The molecule has 0 radical (unpaired) electrons. The van der Waals surface area contributed by atoms with Crippen LogP contribution in [0.4, 0.5) is 5.69 Å². The van der Waals surface area contributed by atoms with Crippen LogP contribution in [0.25, 0.3) is 0 Å². The number of amides is 1. The molecule has 0 spiro atoms. The lowest BCUT2D eigenvalue weighted by Crippen LogP contribution is -2.48. The molecular weight excluding hydrogens is 319 g/mol. The lowest BCUT2D eigenvalue weighted by atomic mass is 10.1. The zero-order chi connectivity index (χ0) is 15.5. The quantitative estimate of drug-likeness (QED) is 0.829. The van der Waals surface area contributed by atoms with Crippen LogP contribution in [-0.2, 0) is 0 Å². The average molecular weight is 335 g/mol. The number of hydrogen-bond donors (Lipinski definition) is 0. The van der Waals surface area contributed by atoms with Crippen molar-refractivity contribution in [2.24, 2.45) is 0 Å². The molecule has 114 valence electrons. The maximum Gasteiger partial charge on any atom is 0.253 e. The SMILES string of the molecule is O=C(c1ccccc1)N1CCN(c2ccc(Cl)cc2Cl)CC1. The zero-order valence-electron chi connectivity index (χ0n) is 12.0. The summed E-state index contributed by atoms with van der Waals surface area (Å²) in [6.45, 7) is 2.90. The third-order valence-electron chi connectivity index (χ3n) is 3.84. The van der Waals surface area contributed by atoms with E-state index in [-0.39, 0.29) is 5.91 Å². The van der Waals surface area contributed by atoms with Crippen LogP contribution in [0, 0.1) is 0 Å². The number of anilines is 1. The monoisotopic (exact) mass is 334 g/mol. The van der Waals surface area contributed by atoms with Crippen molar-refractivity contribution in [1.29, 1.82) is 0 Å². The summed E-state index contributed by atoms with van der Waals surface area (Å²) >= 11 is 12.2. The number of halogens is 2. The highest BCUT2D eigenvalue weighted by Gasteiger charge is 2.23. The minimum atomic E-state index is 0.0856. The Labute approximate surface area is 140 Å². The summed E-state index contributed by atoms with van der Waals surface area (Å²) in [4.78, 5) is 16.5. The first-order valence-electron chi connectivity index (χ1n) is 7.19. The molecule has 1 aliphatic rings. The second kappa shape index (κ2) is 6.59. The first-order chi connectivity index (χ1) is 10.6. The first kappa shape index (κ1) is 15.2. The van der Waals surface area contributed by atoms with Gasteiger partial charge in [-0.1, -0.05) is 41.4 Å². The number of nitrogens with zero attached hydrogens (tertiary/aromatic N) is 2. The second-order valence-electron chi connectivity index (χ2n) is 5.24. The van der Waals surface area contributed by atoms with Gasteiger partial charge >= 0.3 is 0 Å². The average Bonchev–Trinajstić information content (AvgIpc) is 2.55. The number of benzene rings is 2. The molecule has 22 heavy (non-hydrogen) atoms.